The standard InChI is InChI=1S/C19H18O7/c1-9-14(16(21)18(25-3)17(24-2)15(9)20)11-8-13(19(22)23)26-12-7-5-4-6-10(11)12/h4-7,11,13H,8H2,1-3H3,(H,22,23). The van der Waals surface area contributed by atoms with Crippen LogP contribution in [0.15, 0.2) is 46.9 Å². The van der Waals surface area contributed by atoms with Gasteiger partial charge in [0, 0.05) is 29.0 Å². The van der Waals surface area contributed by atoms with Crippen LogP contribution in [0, 0.1) is 0 Å². The molecule has 0 saturated heterocycles. The molecule has 1 aliphatic carbocycles. The lowest BCUT2D eigenvalue weighted by Gasteiger charge is -2.33. The lowest BCUT2D eigenvalue weighted by molar-refractivity contribution is -0.146. The van der Waals surface area contributed by atoms with Crippen LogP contribution >= 0.6 is 0 Å². The molecule has 2 aliphatic rings. The predicted octanol–water partition coefficient (Wildman–Crippen LogP) is 1.98. The smallest absolute Gasteiger partial charge is 0.344 e. The van der Waals surface area contributed by atoms with Crippen LogP contribution < -0.4 is 4.74 Å². The maximum atomic E-state index is 13.0. The Hall–Kier alpha value is -3.09. The first kappa shape index (κ1) is 17.7. The van der Waals surface area contributed by atoms with Gasteiger partial charge in [-0.3, -0.25) is 9.59 Å². The molecule has 7 heteroatoms. The van der Waals surface area contributed by atoms with Crippen LogP contribution in [-0.2, 0) is 23.9 Å². The highest BCUT2D eigenvalue weighted by molar-refractivity contribution is 6.24. The summed E-state index contributed by atoms with van der Waals surface area (Å²) >= 11 is 0. The van der Waals surface area contributed by atoms with E-state index in [2.05, 4.69) is 0 Å². The van der Waals surface area contributed by atoms with Gasteiger partial charge in [0.15, 0.2) is 6.10 Å². The van der Waals surface area contributed by atoms with Crippen LogP contribution in [0.3, 0.4) is 0 Å². The number of carbonyl (C=O) groups excluding carboxylic acids is 2. The van der Waals surface area contributed by atoms with Gasteiger partial charge in [-0.15, -0.1) is 0 Å². The normalized spacial score (nSPS) is 22.7. The van der Waals surface area contributed by atoms with Crippen molar-refractivity contribution >= 4 is 17.5 Å². The maximum absolute atomic E-state index is 13.0. The van der Waals surface area contributed by atoms with Crippen LogP contribution in [0.4, 0.5) is 0 Å². The van der Waals surface area contributed by atoms with Crippen LogP contribution in [0.1, 0.15) is 24.8 Å². The van der Waals surface area contributed by atoms with Gasteiger partial charge in [0.2, 0.25) is 23.1 Å². The fourth-order valence-corrected chi connectivity index (χ4v) is 3.42. The number of fused-ring (bicyclic) bond motifs is 1. The zero-order valence-corrected chi connectivity index (χ0v) is 14.6. The molecule has 1 aromatic rings. The van der Waals surface area contributed by atoms with Gasteiger partial charge in [0.1, 0.15) is 5.75 Å². The number of allylic oxidation sites excluding steroid dienone is 2. The van der Waals surface area contributed by atoms with Gasteiger partial charge in [-0.05, 0) is 13.0 Å². The van der Waals surface area contributed by atoms with E-state index < -0.39 is 29.6 Å². The number of aliphatic carboxylic acids is 1. The number of hydrogen-bond donors (Lipinski definition) is 1. The Kier molecular flexibility index (Phi) is 4.54. The summed E-state index contributed by atoms with van der Waals surface area (Å²) in [7, 11) is 2.58. The maximum Gasteiger partial charge on any atom is 0.344 e. The molecule has 1 heterocycles. The quantitative estimate of drug-likeness (QED) is 0.822. The second kappa shape index (κ2) is 6.67. The minimum absolute atomic E-state index is 0.0390. The van der Waals surface area contributed by atoms with E-state index in [1.165, 1.54) is 21.1 Å². The third-order valence-electron chi connectivity index (χ3n) is 4.65. The highest BCUT2D eigenvalue weighted by Crippen LogP contribution is 2.44. The molecule has 1 aromatic carbocycles. The van der Waals surface area contributed by atoms with Gasteiger partial charge < -0.3 is 19.3 Å². The van der Waals surface area contributed by atoms with Crippen molar-refractivity contribution in [2.24, 2.45) is 0 Å². The van der Waals surface area contributed by atoms with E-state index in [1.54, 1.807) is 24.3 Å². The predicted molar refractivity (Wildman–Crippen MR) is 89.6 cm³/mol. The van der Waals surface area contributed by atoms with E-state index in [-0.39, 0.29) is 29.1 Å². The van der Waals surface area contributed by atoms with Crippen molar-refractivity contribution in [1.82, 2.24) is 0 Å². The Morgan fingerprint density at radius 1 is 1.12 bits per heavy atom. The molecule has 3 rings (SSSR count). The molecule has 1 aliphatic heterocycles. The first-order valence-electron chi connectivity index (χ1n) is 8.01. The average molecular weight is 358 g/mol. The molecule has 0 bridgehead atoms. The van der Waals surface area contributed by atoms with Crippen LogP contribution in [0.2, 0.25) is 0 Å². The van der Waals surface area contributed by atoms with Crippen molar-refractivity contribution in [1.29, 1.82) is 0 Å². The van der Waals surface area contributed by atoms with E-state index in [0.717, 1.165) is 0 Å². The number of carboxylic acids is 1. The summed E-state index contributed by atoms with van der Waals surface area (Å²) in [6.07, 6.45) is -1.07. The molecule has 0 saturated carbocycles. The van der Waals surface area contributed by atoms with Crippen molar-refractivity contribution in [3.05, 3.63) is 52.5 Å². The van der Waals surface area contributed by atoms with Crippen molar-refractivity contribution in [2.75, 3.05) is 14.2 Å². The van der Waals surface area contributed by atoms with E-state index in [4.69, 9.17) is 14.2 Å². The molecular weight excluding hydrogens is 340 g/mol. The summed E-state index contributed by atoms with van der Waals surface area (Å²) in [5, 5.41) is 9.40. The topological polar surface area (TPSA) is 99.1 Å². The number of Topliss-reactive ketones (excluding diaryl/α,β-unsaturated/α-hetero) is 2. The number of rotatable bonds is 4. The Bertz CT molecular complexity index is 862. The average Bonchev–Trinajstić information content (AvgIpc) is 2.64. The third kappa shape index (κ3) is 2.65. The molecule has 0 aromatic heterocycles. The first-order valence-corrected chi connectivity index (χ1v) is 8.01. The summed E-state index contributed by atoms with van der Waals surface area (Å²) in [6.45, 7) is 1.54. The van der Waals surface area contributed by atoms with E-state index >= 15 is 0 Å². The molecule has 2 unspecified atom stereocenters. The monoisotopic (exact) mass is 358 g/mol. The summed E-state index contributed by atoms with van der Waals surface area (Å²) < 4.78 is 15.7. The number of carboxylic acid groups (broad SMARTS) is 1. The molecule has 0 fully saturated rings. The largest absolute Gasteiger partial charge is 0.489 e. The summed E-state index contributed by atoms with van der Waals surface area (Å²) in [5.74, 6) is -2.58. The highest BCUT2D eigenvalue weighted by Gasteiger charge is 2.43. The van der Waals surface area contributed by atoms with Gasteiger partial charge in [0.25, 0.3) is 0 Å². The zero-order chi connectivity index (χ0) is 19.0. The van der Waals surface area contributed by atoms with Crippen molar-refractivity contribution < 1.29 is 33.7 Å². The molecule has 136 valence electrons. The highest BCUT2D eigenvalue weighted by atomic mass is 16.5. The van der Waals surface area contributed by atoms with E-state index in [0.29, 0.717) is 11.3 Å². The number of benzene rings is 1. The molecule has 2 atom stereocenters. The lowest BCUT2D eigenvalue weighted by atomic mass is 9.77. The number of ketones is 2. The Morgan fingerprint density at radius 3 is 2.35 bits per heavy atom. The lowest BCUT2D eigenvalue weighted by Crippen LogP contribution is -2.36. The molecule has 0 spiro atoms. The minimum atomic E-state index is -1.13. The number of ether oxygens (including phenoxy) is 3. The Labute approximate surface area is 149 Å². The minimum Gasteiger partial charge on any atom is -0.489 e. The molecular formula is C19H18O7. The van der Waals surface area contributed by atoms with E-state index in [9.17, 15) is 19.5 Å². The van der Waals surface area contributed by atoms with Crippen LogP contribution in [0.5, 0.6) is 5.75 Å². The summed E-state index contributed by atoms with van der Waals surface area (Å²) in [4.78, 5) is 37.1. The van der Waals surface area contributed by atoms with Gasteiger partial charge in [-0.2, -0.15) is 0 Å². The third-order valence-corrected chi connectivity index (χ3v) is 4.65. The molecule has 26 heavy (non-hydrogen) atoms. The van der Waals surface area contributed by atoms with Gasteiger partial charge in [0.05, 0.1) is 14.2 Å². The first-order chi connectivity index (χ1) is 12.4. The second-order valence-corrected chi connectivity index (χ2v) is 6.03. The Balaban J connectivity index is 2.15. The number of hydrogen-bond acceptors (Lipinski definition) is 6. The van der Waals surface area contributed by atoms with Gasteiger partial charge >= 0.3 is 5.97 Å². The molecule has 7 nitrogen and oxygen atoms in total. The van der Waals surface area contributed by atoms with Gasteiger partial charge in [-0.25, -0.2) is 4.79 Å². The molecule has 0 amide bonds. The summed E-state index contributed by atoms with van der Waals surface area (Å²) in [5.41, 5.74) is 1.10. The van der Waals surface area contributed by atoms with Crippen molar-refractivity contribution in [3.8, 4) is 5.75 Å². The Morgan fingerprint density at radius 2 is 1.73 bits per heavy atom. The van der Waals surface area contributed by atoms with Crippen molar-refractivity contribution in [2.45, 2.75) is 25.4 Å². The number of methoxy groups -OCH3 is 2. The second-order valence-electron chi connectivity index (χ2n) is 6.03. The number of carbonyl (C=O) groups is 3. The van der Waals surface area contributed by atoms with Crippen LogP contribution in [-0.4, -0.2) is 43.0 Å². The van der Waals surface area contributed by atoms with Crippen molar-refractivity contribution in [3.63, 3.8) is 0 Å². The van der Waals surface area contributed by atoms with Crippen LogP contribution in [0.25, 0.3) is 0 Å². The molecule has 1 N–H and O–H groups in total. The van der Waals surface area contributed by atoms with Gasteiger partial charge in [-0.1, -0.05) is 18.2 Å². The number of para-hydroxylation sites is 1. The fraction of sp³-hybridized carbons (Fsp3) is 0.316. The summed E-state index contributed by atoms with van der Waals surface area (Å²) in [6, 6.07) is 6.90. The SMILES string of the molecule is COC1=C(OC)C(=O)C(C2CC(C(=O)O)Oc3ccccc32)=C(C)C1=O. The van der Waals surface area contributed by atoms with E-state index in [1.807, 2.05) is 0 Å². The molecule has 0 radical (unpaired) electrons. The zero-order valence-electron chi connectivity index (χ0n) is 14.6. The fourth-order valence-electron chi connectivity index (χ4n) is 3.42.